The quantitative estimate of drug-likeness (QED) is 0.332. The van der Waals surface area contributed by atoms with Gasteiger partial charge in [-0.05, 0) is 36.4 Å². The number of hydrogen-bond acceptors (Lipinski definition) is 5. The minimum atomic E-state index is -4.14. The van der Waals surface area contributed by atoms with Gasteiger partial charge in [0, 0.05) is 11.1 Å². The Bertz CT molecular complexity index is 1060. The van der Waals surface area contributed by atoms with E-state index in [0.29, 0.717) is 11.1 Å². The Balaban J connectivity index is 0.000000179. The average molecular weight is 436 g/mol. The Hall–Kier alpha value is -3.73. The predicted octanol–water partition coefficient (Wildman–Crippen LogP) is 6.01. The van der Waals surface area contributed by atoms with E-state index in [-0.39, 0.29) is 23.0 Å². The van der Waals surface area contributed by atoms with Crippen LogP contribution < -0.4 is 9.05 Å². The van der Waals surface area contributed by atoms with Crippen molar-refractivity contribution < 1.29 is 28.7 Å². The number of benzene rings is 4. The molecular formula is C24H21O6P. The van der Waals surface area contributed by atoms with Crippen molar-refractivity contribution in [2.45, 2.75) is 0 Å². The van der Waals surface area contributed by atoms with E-state index in [1.54, 1.807) is 97.1 Å². The van der Waals surface area contributed by atoms with Gasteiger partial charge in [-0.3, -0.25) is 4.89 Å². The van der Waals surface area contributed by atoms with Gasteiger partial charge in [0.2, 0.25) is 0 Å². The zero-order chi connectivity index (χ0) is 22.1. The van der Waals surface area contributed by atoms with Gasteiger partial charge in [0.05, 0.1) is 0 Å². The summed E-state index contributed by atoms with van der Waals surface area (Å²) >= 11 is 0. The van der Waals surface area contributed by atoms with Crippen LogP contribution in [0.2, 0.25) is 0 Å². The van der Waals surface area contributed by atoms with Gasteiger partial charge in [-0.15, -0.1) is 0 Å². The fourth-order valence-corrected chi connectivity index (χ4v) is 3.46. The van der Waals surface area contributed by atoms with Crippen molar-refractivity contribution in [2.75, 3.05) is 0 Å². The minimum absolute atomic E-state index is 0.175. The van der Waals surface area contributed by atoms with Crippen LogP contribution >= 0.6 is 7.82 Å². The second-order valence-electron chi connectivity index (χ2n) is 6.31. The normalized spacial score (nSPS) is 10.5. The number of aromatic hydroxyl groups is 2. The number of phenols is 2. The predicted molar refractivity (Wildman–Crippen MR) is 119 cm³/mol. The van der Waals surface area contributed by atoms with Crippen LogP contribution in [0.25, 0.3) is 11.1 Å². The molecule has 0 aliphatic rings. The molecule has 0 spiro atoms. The maximum absolute atomic E-state index is 11.7. The van der Waals surface area contributed by atoms with Gasteiger partial charge in [-0.1, -0.05) is 72.8 Å². The van der Waals surface area contributed by atoms with E-state index >= 15 is 0 Å². The Morgan fingerprint density at radius 3 is 1.19 bits per heavy atom. The van der Waals surface area contributed by atoms with Gasteiger partial charge in [-0.2, -0.15) is 0 Å². The second kappa shape index (κ2) is 10.3. The molecule has 4 aromatic carbocycles. The fraction of sp³-hybridized carbons (Fsp3) is 0. The second-order valence-corrected chi connectivity index (χ2v) is 7.61. The highest BCUT2D eigenvalue weighted by molar-refractivity contribution is 7.48. The minimum Gasteiger partial charge on any atom is -0.507 e. The summed E-state index contributed by atoms with van der Waals surface area (Å²) in [6.07, 6.45) is 0. The highest BCUT2D eigenvalue weighted by atomic mass is 31.2. The third-order valence-corrected chi connectivity index (χ3v) is 4.91. The van der Waals surface area contributed by atoms with Crippen LogP contribution in [-0.4, -0.2) is 15.1 Å². The molecule has 0 aliphatic carbocycles. The van der Waals surface area contributed by atoms with Gasteiger partial charge in [-0.25, -0.2) is 4.57 Å². The first kappa shape index (κ1) is 22.0. The molecule has 31 heavy (non-hydrogen) atoms. The SMILES string of the molecule is O=P(O)(Oc1ccccc1)Oc1ccccc1.Oc1ccccc1-c1ccccc1O. The van der Waals surface area contributed by atoms with Crippen molar-refractivity contribution in [3.05, 3.63) is 109 Å². The number of rotatable bonds is 5. The summed E-state index contributed by atoms with van der Waals surface area (Å²) in [4.78, 5) is 9.53. The van der Waals surface area contributed by atoms with Gasteiger partial charge < -0.3 is 19.3 Å². The Labute approximate surface area is 180 Å². The van der Waals surface area contributed by atoms with E-state index in [1.807, 2.05) is 12.1 Å². The molecule has 4 rings (SSSR count). The number of phenolic OH excluding ortho intramolecular Hbond substituents is 2. The summed E-state index contributed by atoms with van der Waals surface area (Å²) in [5.74, 6) is 0.923. The molecule has 0 fully saturated rings. The zero-order valence-electron chi connectivity index (χ0n) is 16.4. The van der Waals surface area contributed by atoms with Gasteiger partial charge in [0.1, 0.15) is 23.0 Å². The molecule has 158 valence electrons. The lowest BCUT2D eigenvalue weighted by molar-refractivity contribution is 0.291. The van der Waals surface area contributed by atoms with E-state index in [0.717, 1.165) is 0 Å². The van der Waals surface area contributed by atoms with Crippen molar-refractivity contribution in [3.63, 3.8) is 0 Å². The van der Waals surface area contributed by atoms with Crippen LogP contribution in [0.4, 0.5) is 0 Å². The molecule has 7 heteroatoms. The van der Waals surface area contributed by atoms with Crippen molar-refractivity contribution in [2.24, 2.45) is 0 Å². The van der Waals surface area contributed by atoms with Crippen molar-refractivity contribution in [1.29, 1.82) is 0 Å². The molecule has 0 radical (unpaired) electrons. The van der Waals surface area contributed by atoms with Gasteiger partial charge >= 0.3 is 7.82 Å². The largest absolute Gasteiger partial charge is 0.584 e. The van der Waals surface area contributed by atoms with E-state index in [9.17, 15) is 19.7 Å². The number of hydrogen-bond donors (Lipinski definition) is 3. The number of phosphoric acid groups is 1. The monoisotopic (exact) mass is 436 g/mol. The van der Waals surface area contributed by atoms with Crippen LogP contribution in [-0.2, 0) is 4.57 Å². The summed E-state index contributed by atoms with van der Waals surface area (Å²) < 4.78 is 21.5. The van der Waals surface area contributed by atoms with E-state index in [4.69, 9.17) is 9.05 Å². The molecule has 0 unspecified atom stereocenters. The van der Waals surface area contributed by atoms with Crippen LogP contribution in [0.15, 0.2) is 109 Å². The molecule has 0 heterocycles. The Morgan fingerprint density at radius 2 is 0.839 bits per heavy atom. The van der Waals surface area contributed by atoms with Crippen LogP contribution in [0.5, 0.6) is 23.0 Å². The first-order valence-corrected chi connectivity index (χ1v) is 10.8. The van der Waals surface area contributed by atoms with Crippen molar-refractivity contribution >= 4 is 7.82 Å². The molecule has 0 aliphatic heterocycles. The third kappa shape index (κ3) is 6.64. The molecule has 0 atom stereocenters. The summed E-state index contributed by atoms with van der Waals surface area (Å²) in [6, 6.07) is 30.6. The average Bonchev–Trinajstić information content (AvgIpc) is 2.76. The molecule has 6 nitrogen and oxygen atoms in total. The summed E-state index contributed by atoms with van der Waals surface area (Å²) in [5, 5.41) is 19.2. The van der Waals surface area contributed by atoms with Crippen molar-refractivity contribution in [1.82, 2.24) is 0 Å². The first-order valence-electron chi connectivity index (χ1n) is 9.33. The highest BCUT2D eigenvalue weighted by Crippen LogP contribution is 2.44. The lowest BCUT2D eigenvalue weighted by Gasteiger charge is -2.13. The van der Waals surface area contributed by atoms with Crippen LogP contribution in [0, 0.1) is 0 Å². The van der Waals surface area contributed by atoms with E-state index in [2.05, 4.69) is 0 Å². The molecule has 3 N–H and O–H groups in total. The molecular weight excluding hydrogens is 415 g/mol. The molecule has 0 amide bonds. The molecule has 0 saturated heterocycles. The summed E-state index contributed by atoms with van der Waals surface area (Å²) in [6.45, 7) is 0. The summed E-state index contributed by atoms with van der Waals surface area (Å²) in [5.41, 5.74) is 1.29. The Morgan fingerprint density at radius 1 is 0.516 bits per heavy atom. The fourth-order valence-electron chi connectivity index (χ4n) is 2.65. The van der Waals surface area contributed by atoms with Crippen molar-refractivity contribution in [3.8, 4) is 34.1 Å². The van der Waals surface area contributed by atoms with Crippen LogP contribution in [0.1, 0.15) is 0 Å². The highest BCUT2D eigenvalue weighted by Gasteiger charge is 2.24. The number of para-hydroxylation sites is 4. The maximum Gasteiger partial charge on any atom is 0.584 e. The first-order chi connectivity index (χ1) is 14.9. The zero-order valence-corrected chi connectivity index (χ0v) is 17.3. The lowest BCUT2D eigenvalue weighted by Crippen LogP contribution is -1.99. The molecule has 4 aromatic rings. The topological polar surface area (TPSA) is 96.2 Å². The number of phosphoric ester groups is 1. The van der Waals surface area contributed by atoms with Gasteiger partial charge in [0.25, 0.3) is 0 Å². The maximum atomic E-state index is 11.7. The third-order valence-electron chi connectivity index (χ3n) is 4.03. The molecule has 0 saturated carbocycles. The molecule has 0 bridgehead atoms. The smallest absolute Gasteiger partial charge is 0.507 e. The van der Waals surface area contributed by atoms with Crippen LogP contribution in [0.3, 0.4) is 0 Å². The lowest BCUT2D eigenvalue weighted by atomic mass is 10.0. The summed E-state index contributed by atoms with van der Waals surface area (Å²) in [7, 11) is -4.14. The van der Waals surface area contributed by atoms with Gasteiger partial charge in [0.15, 0.2) is 0 Å². The Kier molecular flexibility index (Phi) is 7.33. The molecule has 0 aromatic heterocycles. The van der Waals surface area contributed by atoms with E-state index < -0.39 is 7.82 Å². The standard InChI is InChI=1S/C12H11O4P.C12H10O2/c13-17(14,15-11-7-3-1-4-8-11)16-12-9-5-2-6-10-12;13-11-7-3-1-5-9(11)10-6-2-4-8-12(10)14/h1-10H,(H,13,14);1-8,13-14H. The van der Waals surface area contributed by atoms with E-state index in [1.165, 1.54) is 0 Å².